The summed E-state index contributed by atoms with van der Waals surface area (Å²) >= 11 is 8.14. The van der Waals surface area contributed by atoms with E-state index in [-0.39, 0.29) is 6.04 Å². The number of nitrogens with zero attached hydrogens (tertiary/aromatic N) is 5. The summed E-state index contributed by atoms with van der Waals surface area (Å²) < 4.78 is 0. The lowest BCUT2D eigenvalue weighted by atomic mass is 10.3. The van der Waals surface area contributed by atoms with E-state index in [9.17, 15) is 0 Å². The van der Waals surface area contributed by atoms with E-state index in [0.717, 1.165) is 64.4 Å². The maximum absolute atomic E-state index is 6.65. The Morgan fingerprint density at radius 3 is 2.93 bits per heavy atom. The molecule has 1 atom stereocenters. The van der Waals surface area contributed by atoms with Gasteiger partial charge in [-0.3, -0.25) is 0 Å². The minimum Gasteiger partial charge on any atom is -0.354 e. The summed E-state index contributed by atoms with van der Waals surface area (Å²) in [6.45, 7) is 3.70. The largest absolute Gasteiger partial charge is 0.354 e. The Bertz CT molecular complexity index is 1170. The highest BCUT2D eigenvalue weighted by Gasteiger charge is 2.26. The van der Waals surface area contributed by atoms with Crippen molar-refractivity contribution in [2.24, 2.45) is 5.73 Å². The van der Waals surface area contributed by atoms with Crippen LogP contribution in [0.4, 0.5) is 5.82 Å². The summed E-state index contributed by atoms with van der Waals surface area (Å²) in [4.78, 5) is 16.2. The predicted octanol–water partition coefficient (Wildman–Crippen LogP) is 3.13. The number of halogens is 1. The van der Waals surface area contributed by atoms with Crippen LogP contribution in [-0.4, -0.2) is 49.5 Å². The topological polar surface area (TPSA) is 112 Å². The summed E-state index contributed by atoms with van der Waals surface area (Å²) in [6.07, 6.45) is 1.75. The summed E-state index contributed by atoms with van der Waals surface area (Å²) in [6, 6.07) is 6.05. The smallest absolute Gasteiger partial charge is 0.196 e. The fourth-order valence-electron chi connectivity index (χ4n) is 3.56. The fraction of sp³-hybridized carbons (Fsp3) is 0.333. The van der Waals surface area contributed by atoms with Crippen molar-refractivity contribution in [1.29, 1.82) is 0 Å². The van der Waals surface area contributed by atoms with Gasteiger partial charge < -0.3 is 15.6 Å². The Balaban J connectivity index is 1.60. The molecule has 0 saturated carbocycles. The van der Waals surface area contributed by atoms with Crippen LogP contribution in [0.15, 0.2) is 28.3 Å². The van der Waals surface area contributed by atoms with Gasteiger partial charge in [0.1, 0.15) is 22.5 Å². The number of H-pyrrole nitrogens is 2. The van der Waals surface area contributed by atoms with Crippen molar-refractivity contribution in [3.8, 4) is 0 Å². The van der Waals surface area contributed by atoms with Gasteiger partial charge >= 0.3 is 0 Å². The van der Waals surface area contributed by atoms with Crippen LogP contribution in [0, 0.1) is 0 Å². The molecule has 0 bridgehead atoms. The molecule has 28 heavy (non-hydrogen) atoms. The molecule has 0 spiro atoms. The van der Waals surface area contributed by atoms with E-state index < -0.39 is 0 Å². The minimum absolute atomic E-state index is 0.152. The molecule has 0 radical (unpaired) electrons. The lowest BCUT2D eigenvalue weighted by molar-refractivity contribution is 0.751. The van der Waals surface area contributed by atoms with Crippen molar-refractivity contribution in [3.05, 3.63) is 28.9 Å². The molecule has 0 aliphatic carbocycles. The lowest BCUT2D eigenvalue weighted by Crippen LogP contribution is -2.27. The Labute approximate surface area is 170 Å². The van der Waals surface area contributed by atoms with Crippen molar-refractivity contribution in [2.75, 3.05) is 18.0 Å². The summed E-state index contributed by atoms with van der Waals surface area (Å²) in [5.41, 5.74) is 9.51. The molecule has 4 N–H and O–H groups in total. The maximum atomic E-state index is 6.65. The summed E-state index contributed by atoms with van der Waals surface area (Å²) in [7, 11) is 0. The van der Waals surface area contributed by atoms with Gasteiger partial charge in [0.15, 0.2) is 5.16 Å². The molecule has 3 aromatic heterocycles. The molecule has 4 aromatic rings. The zero-order valence-electron chi connectivity index (χ0n) is 15.2. The van der Waals surface area contributed by atoms with Gasteiger partial charge in [0.2, 0.25) is 0 Å². The normalized spacial score (nSPS) is 17.2. The molecule has 1 aliphatic heterocycles. The van der Waals surface area contributed by atoms with Gasteiger partial charge in [-0.2, -0.15) is 15.4 Å². The van der Waals surface area contributed by atoms with E-state index in [1.54, 1.807) is 0 Å². The van der Waals surface area contributed by atoms with E-state index in [2.05, 4.69) is 32.2 Å². The second kappa shape index (κ2) is 6.91. The van der Waals surface area contributed by atoms with Gasteiger partial charge in [0.05, 0.1) is 10.4 Å². The number of aromatic nitrogens is 6. The van der Waals surface area contributed by atoms with Gasteiger partial charge in [0.25, 0.3) is 0 Å². The number of nitrogens with two attached hydrogens (primary N) is 1. The van der Waals surface area contributed by atoms with Crippen LogP contribution in [0.2, 0.25) is 5.02 Å². The number of anilines is 1. The number of aryl methyl sites for hydroxylation is 1. The molecule has 10 heteroatoms. The fourth-order valence-corrected chi connectivity index (χ4v) is 4.70. The standard InChI is InChI=1S/C18H19ClN8S/c1-2-11-15(19)14-16(21-11)22-18(23-17(14)27-6-5-9(20)8-27)28-10-3-4-12-13(7-10)25-26-24-12/h3-4,7,9H,2,5-6,8,20H2,1H3,(H,21,22,23)(H,24,25,26). The van der Waals surface area contributed by atoms with Crippen molar-refractivity contribution >= 4 is 51.2 Å². The number of aromatic amines is 2. The first-order valence-corrected chi connectivity index (χ1v) is 10.4. The average molecular weight is 415 g/mol. The van der Waals surface area contributed by atoms with Gasteiger partial charge in [-0.25, -0.2) is 9.97 Å². The molecule has 0 amide bonds. The number of hydrogen-bond acceptors (Lipinski definition) is 7. The zero-order valence-corrected chi connectivity index (χ0v) is 16.8. The molecule has 1 saturated heterocycles. The number of benzene rings is 1. The van der Waals surface area contributed by atoms with Gasteiger partial charge in [-0.1, -0.05) is 18.5 Å². The average Bonchev–Trinajstić information content (AvgIpc) is 3.40. The second-order valence-corrected chi connectivity index (χ2v) is 8.31. The zero-order chi connectivity index (χ0) is 19.3. The SMILES string of the molecule is CCc1[nH]c2nc(Sc3ccc4n[nH]nc4c3)nc(N3CCC(N)C3)c2c1Cl. The Morgan fingerprint density at radius 2 is 2.14 bits per heavy atom. The minimum atomic E-state index is 0.152. The number of nitrogens with one attached hydrogen (secondary N) is 2. The van der Waals surface area contributed by atoms with Crippen molar-refractivity contribution in [1.82, 2.24) is 30.4 Å². The van der Waals surface area contributed by atoms with Crippen LogP contribution < -0.4 is 10.6 Å². The van der Waals surface area contributed by atoms with Crippen LogP contribution in [0.3, 0.4) is 0 Å². The van der Waals surface area contributed by atoms with Crippen LogP contribution in [0.5, 0.6) is 0 Å². The van der Waals surface area contributed by atoms with Gasteiger partial charge in [0, 0.05) is 29.7 Å². The first kappa shape index (κ1) is 17.7. The van der Waals surface area contributed by atoms with Crippen molar-refractivity contribution in [3.63, 3.8) is 0 Å². The van der Waals surface area contributed by atoms with E-state index >= 15 is 0 Å². The van der Waals surface area contributed by atoms with Crippen molar-refractivity contribution in [2.45, 2.75) is 35.9 Å². The highest BCUT2D eigenvalue weighted by molar-refractivity contribution is 7.99. The molecule has 8 nitrogen and oxygen atoms in total. The molecule has 1 aliphatic rings. The second-order valence-electron chi connectivity index (χ2n) is 6.90. The molecular formula is C18H19ClN8S. The first-order chi connectivity index (χ1) is 13.6. The van der Waals surface area contributed by atoms with Crippen LogP contribution in [0.25, 0.3) is 22.1 Å². The van der Waals surface area contributed by atoms with E-state index in [4.69, 9.17) is 27.3 Å². The third-order valence-corrected chi connectivity index (χ3v) is 6.27. The Hall–Kier alpha value is -2.36. The molecule has 1 unspecified atom stereocenters. The number of fused-ring (bicyclic) bond motifs is 2. The number of hydrogen-bond donors (Lipinski definition) is 3. The summed E-state index contributed by atoms with van der Waals surface area (Å²) in [5, 5.41) is 13.1. The third kappa shape index (κ3) is 2.99. The highest BCUT2D eigenvalue weighted by atomic mass is 35.5. The van der Waals surface area contributed by atoms with Crippen LogP contribution >= 0.6 is 23.4 Å². The Kier molecular flexibility index (Phi) is 4.37. The number of rotatable bonds is 4. The summed E-state index contributed by atoms with van der Waals surface area (Å²) in [5.74, 6) is 0.851. The molecule has 4 heterocycles. The first-order valence-electron chi connectivity index (χ1n) is 9.19. The quantitative estimate of drug-likeness (QED) is 0.439. The maximum Gasteiger partial charge on any atom is 0.196 e. The molecular weight excluding hydrogens is 396 g/mol. The lowest BCUT2D eigenvalue weighted by Gasteiger charge is -2.18. The third-order valence-electron chi connectivity index (χ3n) is 5.00. The van der Waals surface area contributed by atoms with E-state index in [0.29, 0.717) is 10.2 Å². The highest BCUT2D eigenvalue weighted by Crippen LogP contribution is 2.37. The predicted molar refractivity (Wildman–Crippen MR) is 111 cm³/mol. The van der Waals surface area contributed by atoms with Crippen LogP contribution in [-0.2, 0) is 6.42 Å². The van der Waals surface area contributed by atoms with Gasteiger partial charge in [-0.15, -0.1) is 0 Å². The van der Waals surface area contributed by atoms with Crippen LogP contribution in [0.1, 0.15) is 19.0 Å². The molecule has 144 valence electrons. The molecule has 1 aromatic carbocycles. The monoisotopic (exact) mass is 414 g/mol. The van der Waals surface area contributed by atoms with E-state index in [1.165, 1.54) is 11.8 Å². The molecule has 5 rings (SSSR count). The Morgan fingerprint density at radius 1 is 1.29 bits per heavy atom. The van der Waals surface area contributed by atoms with E-state index in [1.807, 2.05) is 18.2 Å². The van der Waals surface area contributed by atoms with Gasteiger partial charge in [-0.05, 0) is 42.8 Å². The van der Waals surface area contributed by atoms with Crippen molar-refractivity contribution < 1.29 is 0 Å². The molecule has 1 fully saturated rings.